The van der Waals surface area contributed by atoms with Crippen molar-refractivity contribution in [2.45, 2.75) is 347 Å². The third-order valence-corrected chi connectivity index (χ3v) is 14.6. The molecule has 0 bridgehead atoms. The number of rotatable bonds is 60. The number of aliphatic hydroxyl groups excluding tert-OH is 1. The molecule has 0 saturated carbocycles. The van der Waals surface area contributed by atoms with E-state index in [-0.39, 0.29) is 25.2 Å². The van der Waals surface area contributed by atoms with Crippen LogP contribution in [0, 0.1) is 0 Å². The van der Waals surface area contributed by atoms with Gasteiger partial charge in [-0.3, -0.25) is 9.59 Å². The summed E-state index contributed by atoms with van der Waals surface area (Å²) < 4.78 is 10.7. The highest BCUT2D eigenvalue weighted by Gasteiger charge is 2.16. The van der Waals surface area contributed by atoms with E-state index in [1.165, 1.54) is 244 Å². The minimum atomic E-state index is -0.775. The number of esters is 2. The highest BCUT2D eigenvalue weighted by molar-refractivity contribution is 5.70. The van der Waals surface area contributed by atoms with Crippen LogP contribution < -0.4 is 0 Å². The molecule has 1 unspecified atom stereocenters. The Labute approximate surface area is 455 Å². The van der Waals surface area contributed by atoms with E-state index in [0.717, 1.165) is 70.6 Å². The Morgan fingerprint density at radius 1 is 0.329 bits per heavy atom. The first-order chi connectivity index (χ1) is 36.1. The van der Waals surface area contributed by atoms with Gasteiger partial charge >= 0.3 is 11.9 Å². The van der Waals surface area contributed by atoms with Crippen LogP contribution in [0.1, 0.15) is 341 Å². The molecule has 0 aromatic rings. The maximum Gasteiger partial charge on any atom is 0.306 e. The molecule has 426 valence electrons. The summed E-state index contributed by atoms with van der Waals surface area (Å²) in [6.07, 6.45) is 86.6. The van der Waals surface area contributed by atoms with Crippen LogP contribution in [0.2, 0.25) is 0 Å². The van der Waals surface area contributed by atoms with E-state index in [1.807, 2.05) is 0 Å². The SMILES string of the molecule is CC/C=C\C/C=C\C/C=C\C/C=C\C/C=C\CCCCCCCCCCCCCC(=O)OC(CO)COC(=O)CCCCCCCCCCCCCCCCCCCCCCCCCCCCCCCCCC. The summed E-state index contributed by atoms with van der Waals surface area (Å²) in [5.74, 6) is -0.579. The highest BCUT2D eigenvalue weighted by Crippen LogP contribution is 2.18. The van der Waals surface area contributed by atoms with Gasteiger partial charge in [-0.1, -0.05) is 331 Å². The molecule has 0 spiro atoms. The van der Waals surface area contributed by atoms with Crippen molar-refractivity contribution in [1.82, 2.24) is 0 Å². The molecule has 0 aliphatic heterocycles. The first kappa shape index (κ1) is 70.6. The van der Waals surface area contributed by atoms with E-state index in [2.05, 4.69) is 74.6 Å². The maximum absolute atomic E-state index is 12.3. The molecule has 0 fully saturated rings. The first-order valence-corrected chi connectivity index (χ1v) is 32.3. The average Bonchev–Trinajstić information content (AvgIpc) is 3.39. The molecule has 5 nitrogen and oxygen atoms in total. The molecule has 0 heterocycles. The lowest BCUT2D eigenvalue weighted by molar-refractivity contribution is -0.161. The molecule has 0 rings (SSSR count). The van der Waals surface area contributed by atoms with Gasteiger partial charge in [-0.05, 0) is 57.8 Å². The minimum absolute atomic E-state index is 0.0645. The number of aliphatic hydroxyl groups is 1. The van der Waals surface area contributed by atoms with E-state index >= 15 is 0 Å². The van der Waals surface area contributed by atoms with Crippen LogP contribution >= 0.6 is 0 Å². The Balaban J connectivity index is 3.42. The van der Waals surface area contributed by atoms with Crippen molar-refractivity contribution in [3.63, 3.8) is 0 Å². The summed E-state index contributed by atoms with van der Waals surface area (Å²) in [5.41, 5.74) is 0. The second kappa shape index (κ2) is 63.9. The summed E-state index contributed by atoms with van der Waals surface area (Å²) in [4.78, 5) is 24.6. The molecule has 73 heavy (non-hydrogen) atoms. The molecule has 0 aliphatic carbocycles. The van der Waals surface area contributed by atoms with Crippen LogP contribution in [0.5, 0.6) is 0 Å². The third kappa shape index (κ3) is 62.0. The maximum atomic E-state index is 12.3. The molecule has 0 aliphatic rings. The van der Waals surface area contributed by atoms with Crippen LogP contribution in [0.4, 0.5) is 0 Å². The van der Waals surface area contributed by atoms with Gasteiger partial charge in [0.1, 0.15) is 6.61 Å². The van der Waals surface area contributed by atoms with Crippen LogP contribution in [-0.4, -0.2) is 36.4 Å². The molecule has 0 aromatic heterocycles. The normalized spacial score (nSPS) is 12.5. The first-order valence-electron chi connectivity index (χ1n) is 32.3. The number of carbonyl (C=O) groups excluding carboxylic acids is 2. The Morgan fingerprint density at radius 3 is 0.890 bits per heavy atom. The lowest BCUT2D eigenvalue weighted by Gasteiger charge is -2.15. The largest absolute Gasteiger partial charge is 0.462 e. The number of ether oxygens (including phenoxy) is 2. The van der Waals surface area contributed by atoms with Gasteiger partial charge in [0.2, 0.25) is 0 Å². The fourth-order valence-electron chi connectivity index (χ4n) is 9.76. The van der Waals surface area contributed by atoms with E-state index in [4.69, 9.17) is 9.47 Å². The molecule has 1 N–H and O–H groups in total. The van der Waals surface area contributed by atoms with Crippen molar-refractivity contribution in [3.8, 4) is 0 Å². The molecule has 5 heteroatoms. The Morgan fingerprint density at radius 2 is 0.589 bits per heavy atom. The van der Waals surface area contributed by atoms with Gasteiger partial charge in [-0.15, -0.1) is 0 Å². The van der Waals surface area contributed by atoms with Crippen LogP contribution in [0.3, 0.4) is 0 Å². The van der Waals surface area contributed by atoms with Gasteiger partial charge in [0.25, 0.3) is 0 Å². The fraction of sp³-hybridized carbons (Fsp3) is 0.824. The fourth-order valence-corrected chi connectivity index (χ4v) is 9.76. The quantitative estimate of drug-likeness (QED) is 0.0373. The Bertz CT molecular complexity index is 1250. The van der Waals surface area contributed by atoms with E-state index < -0.39 is 6.10 Å². The van der Waals surface area contributed by atoms with Crippen molar-refractivity contribution < 1.29 is 24.2 Å². The van der Waals surface area contributed by atoms with Crippen molar-refractivity contribution >= 4 is 11.9 Å². The van der Waals surface area contributed by atoms with Crippen molar-refractivity contribution in [2.75, 3.05) is 13.2 Å². The molecule has 0 amide bonds. The Hall–Kier alpha value is -2.40. The van der Waals surface area contributed by atoms with Gasteiger partial charge in [-0.2, -0.15) is 0 Å². The molecule has 0 aromatic carbocycles. The van der Waals surface area contributed by atoms with Gasteiger partial charge in [0.05, 0.1) is 6.61 Å². The number of allylic oxidation sites excluding steroid dienone is 10. The number of hydrogen-bond acceptors (Lipinski definition) is 5. The van der Waals surface area contributed by atoms with Gasteiger partial charge in [0, 0.05) is 12.8 Å². The Kier molecular flexibility index (Phi) is 61.8. The zero-order valence-corrected chi connectivity index (χ0v) is 48.9. The third-order valence-electron chi connectivity index (χ3n) is 14.6. The van der Waals surface area contributed by atoms with E-state index in [0.29, 0.717) is 12.8 Å². The molecular weight excluding hydrogens is 897 g/mol. The number of carbonyl (C=O) groups is 2. The predicted molar refractivity (Wildman–Crippen MR) is 320 cm³/mol. The predicted octanol–water partition coefficient (Wildman–Crippen LogP) is 22.1. The van der Waals surface area contributed by atoms with Crippen LogP contribution in [0.15, 0.2) is 60.8 Å². The van der Waals surface area contributed by atoms with Crippen molar-refractivity contribution in [3.05, 3.63) is 60.8 Å². The second-order valence-corrected chi connectivity index (χ2v) is 21.8. The topological polar surface area (TPSA) is 72.8 Å². The monoisotopic (exact) mass is 1020 g/mol. The van der Waals surface area contributed by atoms with Crippen molar-refractivity contribution in [2.24, 2.45) is 0 Å². The summed E-state index contributed by atoms with van der Waals surface area (Å²) in [5, 5.41) is 9.68. The van der Waals surface area contributed by atoms with Gasteiger partial charge < -0.3 is 14.6 Å². The minimum Gasteiger partial charge on any atom is -0.462 e. The summed E-state index contributed by atoms with van der Waals surface area (Å²) in [6, 6.07) is 0. The van der Waals surface area contributed by atoms with Crippen molar-refractivity contribution in [1.29, 1.82) is 0 Å². The summed E-state index contributed by atoms with van der Waals surface area (Å²) >= 11 is 0. The van der Waals surface area contributed by atoms with Gasteiger partial charge in [-0.25, -0.2) is 0 Å². The molecule has 1 atom stereocenters. The highest BCUT2D eigenvalue weighted by atomic mass is 16.6. The zero-order valence-electron chi connectivity index (χ0n) is 48.9. The second-order valence-electron chi connectivity index (χ2n) is 21.8. The average molecular weight is 1020 g/mol. The molecular formula is C68H124O5. The van der Waals surface area contributed by atoms with E-state index in [1.54, 1.807) is 0 Å². The summed E-state index contributed by atoms with van der Waals surface area (Å²) in [7, 11) is 0. The molecule has 0 saturated heterocycles. The van der Waals surface area contributed by atoms with E-state index in [9.17, 15) is 14.7 Å². The smallest absolute Gasteiger partial charge is 0.306 e. The van der Waals surface area contributed by atoms with Gasteiger partial charge in [0.15, 0.2) is 6.10 Å². The standard InChI is InChI=1S/C68H124O5/c1-3-5-7-9-11-13-15-17-19-21-23-25-27-29-31-32-33-34-35-37-38-40-42-44-46-48-50-52-54-56-58-60-62-67(70)72-65-66(64-69)73-68(71)63-61-59-57-55-53-51-49-47-45-43-41-39-36-30-28-26-24-22-20-18-16-14-12-10-8-6-4-2/h6,8,12,14,18,20,24,26,30,36,66,69H,3-5,7,9-11,13,15-17,19,21-23,25,27-29,31-35,37-65H2,1-2H3/b8-6-,14-12-,20-18-,26-24-,36-30-. The number of hydrogen-bond donors (Lipinski definition) is 1. The lowest BCUT2D eigenvalue weighted by atomic mass is 10.0. The van der Waals surface area contributed by atoms with Crippen LogP contribution in [0.25, 0.3) is 0 Å². The lowest BCUT2D eigenvalue weighted by Crippen LogP contribution is -2.28. The summed E-state index contributed by atoms with van der Waals surface area (Å²) in [6.45, 7) is 4.07. The number of unbranched alkanes of at least 4 members (excludes halogenated alkanes) is 42. The zero-order chi connectivity index (χ0) is 52.7. The van der Waals surface area contributed by atoms with Crippen LogP contribution in [-0.2, 0) is 19.1 Å². The molecule has 0 radical (unpaired) electrons.